The van der Waals surface area contributed by atoms with Crippen molar-refractivity contribution in [1.29, 1.82) is 0 Å². The highest BCUT2D eigenvalue weighted by Gasteiger charge is 2.19. The van der Waals surface area contributed by atoms with E-state index in [0.29, 0.717) is 68.6 Å². The summed E-state index contributed by atoms with van der Waals surface area (Å²) in [6.07, 6.45) is 0. The van der Waals surface area contributed by atoms with Crippen molar-refractivity contribution in [3.8, 4) is 34.4 Å². The van der Waals surface area contributed by atoms with Gasteiger partial charge in [-0.25, -0.2) is 4.98 Å². The van der Waals surface area contributed by atoms with Crippen LogP contribution in [0.2, 0.25) is 0 Å². The normalized spacial score (nSPS) is 11.0. The van der Waals surface area contributed by atoms with Gasteiger partial charge in [-0.15, -0.1) is 0 Å². The summed E-state index contributed by atoms with van der Waals surface area (Å²) >= 11 is 1.34. The molecule has 0 aliphatic heterocycles. The molecule has 200 valence electrons. The van der Waals surface area contributed by atoms with E-state index in [-0.39, 0.29) is 5.56 Å². The number of fused-ring (bicyclic) bond motifs is 1. The van der Waals surface area contributed by atoms with E-state index in [1.165, 1.54) is 11.8 Å². The van der Waals surface area contributed by atoms with Crippen LogP contribution >= 0.6 is 11.8 Å². The number of ether oxygens (including phenoxy) is 4. The van der Waals surface area contributed by atoms with E-state index < -0.39 is 0 Å². The van der Waals surface area contributed by atoms with Crippen LogP contribution in [0, 0.1) is 0 Å². The number of rotatable bonds is 10. The summed E-state index contributed by atoms with van der Waals surface area (Å²) in [4.78, 5) is 22.8. The zero-order chi connectivity index (χ0) is 27.4. The standard InChI is InChI=1S/C28H26N4O6S/c1-34-19-9-7-8-17(12-19)15-32-27(33)20-10-5-6-11-21(20)29-28(32)39-16-24-30-26(31-38-24)18-13-22(35-2)25(37-4)23(14-18)36-3/h5-14H,15-16H2,1-4H3. The number of methoxy groups -OCH3 is 4. The average Bonchev–Trinajstić information content (AvgIpc) is 3.46. The summed E-state index contributed by atoms with van der Waals surface area (Å²) in [5.74, 6) is 3.20. The van der Waals surface area contributed by atoms with Crippen LogP contribution in [0.5, 0.6) is 23.0 Å². The van der Waals surface area contributed by atoms with Crippen LogP contribution in [0.25, 0.3) is 22.3 Å². The molecule has 0 bridgehead atoms. The smallest absolute Gasteiger partial charge is 0.262 e. The van der Waals surface area contributed by atoms with Gasteiger partial charge in [-0.05, 0) is 42.0 Å². The molecule has 0 radical (unpaired) electrons. The quantitative estimate of drug-likeness (QED) is 0.179. The molecule has 0 aliphatic carbocycles. The van der Waals surface area contributed by atoms with Crippen molar-refractivity contribution < 1.29 is 23.5 Å². The number of aromatic nitrogens is 4. The molecule has 0 aliphatic rings. The molecule has 39 heavy (non-hydrogen) atoms. The van der Waals surface area contributed by atoms with Gasteiger partial charge in [0.15, 0.2) is 16.7 Å². The lowest BCUT2D eigenvalue weighted by Gasteiger charge is -2.13. The Kier molecular flexibility index (Phi) is 7.69. The number of benzene rings is 3. The van der Waals surface area contributed by atoms with Crippen molar-refractivity contribution in [2.45, 2.75) is 17.5 Å². The first-order chi connectivity index (χ1) is 19.0. The second-order valence-electron chi connectivity index (χ2n) is 8.37. The molecule has 3 aromatic carbocycles. The maximum absolute atomic E-state index is 13.5. The monoisotopic (exact) mass is 546 g/mol. The fourth-order valence-electron chi connectivity index (χ4n) is 4.12. The van der Waals surface area contributed by atoms with E-state index in [1.54, 1.807) is 51.2 Å². The Morgan fingerprint density at radius 3 is 2.36 bits per heavy atom. The van der Waals surface area contributed by atoms with Crippen molar-refractivity contribution in [2.24, 2.45) is 0 Å². The Morgan fingerprint density at radius 1 is 0.872 bits per heavy atom. The third kappa shape index (κ3) is 5.39. The Hall–Kier alpha value is -4.51. The Labute approximate surface area is 228 Å². The van der Waals surface area contributed by atoms with Gasteiger partial charge in [0.2, 0.25) is 17.5 Å². The van der Waals surface area contributed by atoms with E-state index in [1.807, 2.05) is 42.5 Å². The molecular weight excluding hydrogens is 520 g/mol. The molecule has 5 aromatic rings. The molecule has 0 fully saturated rings. The van der Waals surface area contributed by atoms with E-state index in [9.17, 15) is 4.79 Å². The van der Waals surface area contributed by atoms with Crippen LogP contribution in [-0.2, 0) is 12.3 Å². The molecule has 0 unspecified atom stereocenters. The first kappa shape index (κ1) is 26.1. The first-order valence-electron chi connectivity index (χ1n) is 11.9. The van der Waals surface area contributed by atoms with E-state index >= 15 is 0 Å². The lowest BCUT2D eigenvalue weighted by Crippen LogP contribution is -2.24. The molecular formula is C28H26N4O6S. The summed E-state index contributed by atoms with van der Waals surface area (Å²) in [5.41, 5.74) is 2.05. The fourth-order valence-corrected chi connectivity index (χ4v) is 4.95. The number of hydrogen-bond acceptors (Lipinski definition) is 10. The highest BCUT2D eigenvalue weighted by molar-refractivity contribution is 7.98. The van der Waals surface area contributed by atoms with Crippen molar-refractivity contribution in [2.75, 3.05) is 28.4 Å². The van der Waals surface area contributed by atoms with Gasteiger partial charge in [0.05, 0.1) is 51.6 Å². The maximum Gasteiger partial charge on any atom is 0.262 e. The number of hydrogen-bond donors (Lipinski definition) is 0. The molecule has 11 heteroatoms. The van der Waals surface area contributed by atoms with E-state index in [2.05, 4.69) is 10.1 Å². The van der Waals surface area contributed by atoms with Crippen molar-refractivity contribution in [1.82, 2.24) is 19.7 Å². The summed E-state index contributed by atoms with van der Waals surface area (Å²) in [6.45, 7) is 0.330. The van der Waals surface area contributed by atoms with Crippen molar-refractivity contribution >= 4 is 22.7 Å². The second-order valence-corrected chi connectivity index (χ2v) is 9.31. The van der Waals surface area contributed by atoms with Crippen LogP contribution in [0.1, 0.15) is 11.5 Å². The summed E-state index contributed by atoms with van der Waals surface area (Å²) < 4.78 is 28.8. The molecule has 5 rings (SSSR count). The molecule has 2 heterocycles. The van der Waals surface area contributed by atoms with Crippen LogP contribution in [0.4, 0.5) is 0 Å². The minimum Gasteiger partial charge on any atom is -0.497 e. The average molecular weight is 547 g/mol. The van der Waals surface area contributed by atoms with Gasteiger partial charge in [-0.1, -0.05) is 41.2 Å². The fraction of sp³-hybridized carbons (Fsp3) is 0.214. The Balaban J connectivity index is 1.45. The minimum absolute atomic E-state index is 0.130. The SMILES string of the molecule is COc1cccc(Cn2c(SCc3nc(-c4cc(OC)c(OC)c(OC)c4)no3)nc3ccccc3c2=O)c1. The van der Waals surface area contributed by atoms with Gasteiger partial charge in [0.25, 0.3) is 5.56 Å². The predicted octanol–water partition coefficient (Wildman–Crippen LogP) is 4.82. The van der Waals surface area contributed by atoms with Gasteiger partial charge in [-0.3, -0.25) is 9.36 Å². The number of thioether (sulfide) groups is 1. The largest absolute Gasteiger partial charge is 0.497 e. The number of para-hydroxylation sites is 1. The highest BCUT2D eigenvalue weighted by Crippen LogP contribution is 2.40. The predicted molar refractivity (Wildman–Crippen MR) is 147 cm³/mol. The summed E-state index contributed by atoms with van der Waals surface area (Å²) in [5, 5.41) is 5.21. The Bertz CT molecular complexity index is 1660. The molecule has 0 atom stereocenters. The van der Waals surface area contributed by atoms with Crippen LogP contribution in [0.3, 0.4) is 0 Å². The van der Waals surface area contributed by atoms with Crippen LogP contribution < -0.4 is 24.5 Å². The molecule has 2 aromatic heterocycles. The molecule has 0 N–H and O–H groups in total. The van der Waals surface area contributed by atoms with Crippen molar-refractivity contribution in [3.63, 3.8) is 0 Å². The third-order valence-electron chi connectivity index (χ3n) is 6.02. The lowest BCUT2D eigenvalue weighted by atomic mass is 10.1. The molecule has 0 amide bonds. The zero-order valence-electron chi connectivity index (χ0n) is 21.8. The molecule has 10 nitrogen and oxygen atoms in total. The Morgan fingerprint density at radius 2 is 1.64 bits per heavy atom. The lowest BCUT2D eigenvalue weighted by molar-refractivity contribution is 0.324. The molecule has 0 saturated carbocycles. The van der Waals surface area contributed by atoms with Gasteiger partial charge in [-0.2, -0.15) is 4.98 Å². The molecule has 0 spiro atoms. The molecule has 0 saturated heterocycles. The van der Waals surface area contributed by atoms with Crippen LogP contribution in [-0.4, -0.2) is 48.1 Å². The maximum atomic E-state index is 13.5. The van der Waals surface area contributed by atoms with Gasteiger partial charge < -0.3 is 23.5 Å². The summed E-state index contributed by atoms with van der Waals surface area (Å²) in [6, 6.07) is 18.4. The minimum atomic E-state index is -0.130. The second kappa shape index (κ2) is 11.5. The van der Waals surface area contributed by atoms with Gasteiger partial charge >= 0.3 is 0 Å². The van der Waals surface area contributed by atoms with E-state index in [4.69, 9.17) is 28.5 Å². The van der Waals surface area contributed by atoms with E-state index in [0.717, 1.165) is 5.56 Å². The topological polar surface area (TPSA) is 111 Å². The van der Waals surface area contributed by atoms with Gasteiger partial charge in [0, 0.05) is 5.56 Å². The highest BCUT2D eigenvalue weighted by atomic mass is 32.2. The van der Waals surface area contributed by atoms with Gasteiger partial charge in [0.1, 0.15) is 5.75 Å². The zero-order valence-corrected chi connectivity index (χ0v) is 22.7. The third-order valence-corrected chi connectivity index (χ3v) is 6.98. The first-order valence-corrected chi connectivity index (χ1v) is 12.9. The summed E-state index contributed by atoms with van der Waals surface area (Å²) in [7, 11) is 6.24. The van der Waals surface area contributed by atoms with Crippen molar-refractivity contribution in [3.05, 3.63) is 82.5 Å². The van der Waals surface area contributed by atoms with Crippen LogP contribution in [0.15, 0.2) is 75.1 Å². The number of nitrogens with zero attached hydrogens (tertiary/aromatic N) is 4.